The first-order chi connectivity index (χ1) is 20.1. The zero-order chi connectivity index (χ0) is 28.4. The van der Waals surface area contributed by atoms with Crippen LogP contribution in [0.25, 0.3) is 0 Å². The maximum Gasteiger partial charge on any atom is 0.227 e. The van der Waals surface area contributed by atoms with Crippen molar-refractivity contribution in [1.29, 1.82) is 0 Å². The standard InChI is InChI=1S/C36H36N2O3/c39-32-21-22-33(35(40)37(24-28-13-5-1-6-14-28)25-29-15-7-2-8-16-29)34(23-32)36(41)38(26-30-17-9-3-10-18-30)27-31-19-11-4-12-20-31/h1-20,33-34H,21-27H2/t33-,34-/m0/s1. The number of rotatable bonds is 10. The molecule has 0 aliphatic heterocycles. The Kier molecular flexibility index (Phi) is 9.37. The third-order valence-corrected chi connectivity index (χ3v) is 7.79. The molecule has 0 aromatic heterocycles. The normalized spacial score (nSPS) is 16.6. The highest BCUT2D eigenvalue weighted by Gasteiger charge is 2.42. The third kappa shape index (κ3) is 7.57. The monoisotopic (exact) mass is 544 g/mol. The Balaban J connectivity index is 1.43. The van der Waals surface area contributed by atoms with E-state index >= 15 is 0 Å². The zero-order valence-corrected chi connectivity index (χ0v) is 23.3. The molecule has 0 heterocycles. The molecule has 0 radical (unpaired) electrons. The lowest BCUT2D eigenvalue weighted by Crippen LogP contribution is -2.47. The summed E-state index contributed by atoms with van der Waals surface area (Å²) in [5.41, 5.74) is 4.08. The molecule has 4 aromatic carbocycles. The molecule has 5 rings (SSSR count). The number of hydrogen-bond acceptors (Lipinski definition) is 3. The summed E-state index contributed by atoms with van der Waals surface area (Å²) >= 11 is 0. The van der Waals surface area contributed by atoms with Crippen molar-refractivity contribution in [1.82, 2.24) is 9.80 Å². The van der Waals surface area contributed by atoms with Gasteiger partial charge in [0.15, 0.2) is 0 Å². The van der Waals surface area contributed by atoms with Gasteiger partial charge >= 0.3 is 0 Å². The van der Waals surface area contributed by atoms with Gasteiger partial charge in [0.05, 0.1) is 11.8 Å². The Labute approximate surface area is 242 Å². The predicted molar refractivity (Wildman–Crippen MR) is 160 cm³/mol. The van der Waals surface area contributed by atoms with E-state index in [1.807, 2.05) is 131 Å². The fourth-order valence-corrected chi connectivity index (χ4v) is 5.67. The second-order valence-electron chi connectivity index (χ2n) is 10.8. The Morgan fingerprint density at radius 1 is 0.512 bits per heavy atom. The molecule has 5 heteroatoms. The van der Waals surface area contributed by atoms with Crippen molar-refractivity contribution in [3.05, 3.63) is 144 Å². The lowest BCUT2D eigenvalue weighted by molar-refractivity contribution is -0.151. The predicted octanol–water partition coefficient (Wildman–Crippen LogP) is 6.43. The van der Waals surface area contributed by atoms with Gasteiger partial charge in [-0.05, 0) is 28.7 Å². The van der Waals surface area contributed by atoms with Gasteiger partial charge in [-0.3, -0.25) is 14.4 Å². The zero-order valence-electron chi connectivity index (χ0n) is 23.3. The molecule has 208 valence electrons. The van der Waals surface area contributed by atoms with E-state index in [0.29, 0.717) is 39.0 Å². The molecule has 0 unspecified atom stereocenters. The van der Waals surface area contributed by atoms with E-state index < -0.39 is 11.8 Å². The molecule has 2 amide bonds. The Hall–Kier alpha value is -4.51. The molecule has 1 saturated carbocycles. The fraction of sp³-hybridized carbons (Fsp3) is 0.250. The van der Waals surface area contributed by atoms with Crippen molar-refractivity contribution in [2.45, 2.75) is 45.4 Å². The first-order valence-electron chi connectivity index (χ1n) is 14.3. The van der Waals surface area contributed by atoms with E-state index in [1.165, 1.54) is 0 Å². The smallest absolute Gasteiger partial charge is 0.227 e. The van der Waals surface area contributed by atoms with Crippen molar-refractivity contribution >= 4 is 17.6 Å². The van der Waals surface area contributed by atoms with E-state index in [4.69, 9.17) is 0 Å². The number of ketones is 1. The molecule has 0 spiro atoms. The van der Waals surface area contributed by atoms with Crippen LogP contribution in [-0.4, -0.2) is 27.4 Å². The van der Waals surface area contributed by atoms with Gasteiger partial charge in [-0.15, -0.1) is 0 Å². The van der Waals surface area contributed by atoms with Gasteiger partial charge in [-0.1, -0.05) is 121 Å². The summed E-state index contributed by atoms with van der Waals surface area (Å²) in [6.07, 6.45) is 0.806. The molecule has 1 aliphatic rings. The van der Waals surface area contributed by atoms with Crippen LogP contribution in [0.2, 0.25) is 0 Å². The lowest BCUT2D eigenvalue weighted by Gasteiger charge is -2.36. The Morgan fingerprint density at radius 2 is 0.829 bits per heavy atom. The lowest BCUT2D eigenvalue weighted by atomic mass is 9.76. The number of benzene rings is 4. The number of carbonyl (C=O) groups is 3. The Bertz CT molecular complexity index is 1340. The average Bonchev–Trinajstić information content (AvgIpc) is 3.02. The summed E-state index contributed by atoms with van der Waals surface area (Å²) in [4.78, 5) is 45.0. The molecule has 1 aliphatic carbocycles. The molecule has 0 N–H and O–H groups in total. The molecule has 4 aromatic rings. The summed E-state index contributed by atoms with van der Waals surface area (Å²) in [6.45, 7) is 1.71. The first kappa shape index (κ1) is 28.0. The van der Waals surface area contributed by atoms with Gasteiger partial charge in [0, 0.05) is 39.0 Å². The maximum atomic E-state index is 14.3. The number of nitrogens with zero attached hydrogens (tertiary/aromatic N) is 2. The van der Waals surface area contributed by atoms with Crippen LogP contribution in [0, 0.1) is 11.8 Å². The van der Waals surface area contributed by atoms with Gasteiger partial charge < -0.3 is 9.80 Å². The van der Waals surface area contributed by atoms with E-state index in [-0.39, 0.29) is 24.0 Å². The van der Waals surface area contributed by atoms with Crippen LogP contribution in [0.5, 0.6) is 0 Å². The van der Waals surface area contributed by atoms with E-state index in [1.54, 1.807) is 0 Å². The highest BCUT2D eigenvalue weighted by Crippen LogP contribution is 2.33. The van der Waals surface area contributed by atoms with Crippen LogP contribution in [-0.2, 0) is 40.6 Å². The van der Waals surface area contributed by atoms with Crippen LogP contribution in [0.15, 0.2) is 121 Å². The molecule has 1 fully saturated rings. The molecule has 2 atom stereocenters. The van der Waals surface area contributed by atoms with Gasteiger partial charge in [0.1, 0.15) is 5.78 Å². The largest absolute Gasteiger partial charge is 0.334 e. The van der Waals surface area contributed by atoms with E-state index in [9.17, 15) is 14.4 Å². The van der Waals surface area contributed by atoms with E-state index in [2.05, 4.69) is 0 Å². The van der Waals surface area contributed by atoms with Crippen LogP contribution in [0.1, 0.15) is 41.5 Å². The maximum absolute atomic E-state index is 14.3. The molecular weight excluding hydrogens is 508 g/mol. The molecule has 0 saturated heterocycles. The van der Waals surface area contributed by atoms with Crippen LogP contribution in [0.4, 0.5) is 0 Å². The molecule has 41 heavy (non-hydrogen) atoms. The van der Waals surface area contributed by atoms with Gasteiger partial charge in [0.2, 0.25) is 11.8 Å². The minimum Gasteiger partial charge on any atom is -0.334 e. The summed E-state index contributed by atoms with van der Waals surface area (Å²) in [5.74, 6) is -1.40. The quantitative estimate of drug-likeness (QED) is 0.231. The van der Waals surface area contributed by atoms with Crippen LogP contribution in [0.3, 0.4) is 0 Å². The number of amides is 2. The summed E-state index contributed by atoms with van der Waals surface area (Å²) in [7, 11) is 0. The van der Waals surface area contributed by atoms with Crippen LogP contribution >= 0.6 is 0 Å². The van der Waals surface area contributed by atoms with Gasteiger partial charge in [0.25, 0.3) is 0 Å². The highest BCUT2D eigenvalue weighted by molar-refractivity contribution is 5.94. The van der Waals surface area contributed by atoms with Gasteiger partial charge in [-0.25, -0.2) is 0 Å². The van der Waals surface area contributed by atoms with Crippen molar-refractivity contribution in [2.75, 3.05) is 0 Å². The average molecular weight is 545 g/mol. The first-order valence-corrected chi connectivity index (χ1v) is 14.3. The summed E-state index contributed by atoms with van der Waals surface area (Å²) in [6, 6.07) is 39.6. The van der Waals surface area contributed by atoms with Gasteiger partial charge in [-0.2, -0.15) is 0 Å². The molecule has 5 nitrogen and oxygen atoms in total. The second kappa shape index (κ2) is 13.7. The van der Waals surface area contributed by atoms with Crippen LogP contribution < -0.4 is 0 Å². The number of Topliss-reactive ketones (excluding diaryl/α,β-unsaturated/α-hetero) is 1. The topological polar surface area (TPSA) is 57.7 Å². The SMILES string of the molecule is O=C1CC[C@H](C(=O)N(Cc2ccccc2)Cc2ccccc2)[C@@H](C(=O)N(Cc2ccccc2)Cc2ccccc2)C1. The third-order valence-electron chi connectivity index (χ3n) is 7.79. The van der Waals surface area contributed by atoms with Crippen molar-refractivity contribution < 1.29 is 14.4 Å². The minimum absolute atomic E-state index is 0.0458. The summed E-state index contributed by atoms with van der Waals surface area (Å²) in [5, 5.41) is 0. The minimum atomic E-state index is -0.690. The summed E-state index contributed by atoms with van der Waals surface area (Å²) < 4.78 is 0. The fourth-order valence-electron chi connectivity index (χ4n) is 5.67. The molecular formula is C36H36N2O3. The van der Waals surface area contributed by atoms with E-state index in [0.717, 1.165) is 22.3 Å². The van der Waals surface area contributed by atoms with Crippen molar-refractivity contribution in [2.24, 2.45) is 11.8 Å². The second-order valence-corrected chi connectivity index (χ2v) is 10.8. The highest BCUT2D eigenvalue weighted by atomic mass is 16.2. The number of hydrogen-bond donors (Lipinski definition) is 0. The Morgan fingerprint density at radius 3 is 1.17 bits per heavy atom. The van der Waals surface area contributed by atoms with Crippen molar-refractivity contribution in [3.8, 4) is 0 Å². The number of carbonyl (C=O) groups excluding carboxylic acids is 3. The molecule has 0 bridgehead atoms. The van der Waals surface area contributed by atoms with Crippen molar-refractivity contribution in [3.63, 3.8) is 0 Å².